The predicted octanol–water partition coefficient (Wildman–Crippen LogP) is 3.75. The van der Waals surface area contributed by atoms with Crippen molar-refractivity contribution in [2.45, 2.75) is 26.2 Å². The molecule has 0 spiro atoms. The molecule has 1 heterocycles. The van der Waals surface area contributed by atoms with Crippen molar-refractivity contribution in [3.63, 3.8) is 0 Å². The maximum Gasteiger partial charge on any atom is 0.269 e. The van der Waals surface area contributed by atoms with Gasteiger partial charge in [-0.1, -0.05) is 25.8 Å². The maximum absolute atomic E-state index is 12.1. The lowest BCUT2D eigenvalue weighted by Crippen LogP contribution is -2.25. The number of pyridine rings is 1. The molecule has 0 bridgehead atoms. The number of carbonyl (C=O) groups excluding carboxylic acids is 1. The van der Waals surface area contributed by atoms with Gasteiger partial charge in [0, 0.05) is 30.2 Å². The van der Waals surface area contributed by atoms with E-state index in [1.54, 1.807) is 19.4 Å². The van der Waals surface area contributed by atoms with Crippen molar-refractivity contribution in [3.8, 4) is 5.75 Å². The molecule has 2 N–H and O–H groups in total. The van der Waals surface area contributed by atoms with E-state index in [1.807, 2.05) is 30.3 Å². The van der Waals surface area contributed by atoms with Crippen molar-refractivity contribution in [2.75, 3.05) is 19.0 Å². The molecule has 23 heavy (non-hydrogen) atoms. The minimum Gasteiger partial charge on any atom is -0.497 e. The summed E-state index contributed by atoms with van der Waals surface area (Å²) in [5.41, 5.74) is 2.12. The average molecular weight is 313 g/mol. The lowest BCUT2D eigenvalue weighted by atomic mass is 10.2. The molecule has 0 aliphatic heterocycles. The van der Waals surface area contributed by atoms with Crippen LogP contribution in [0.25, 0.3) is 0 Å². The Morgan fingerprint density at radius 3 is 2.78 bits per heavy atom. The molecule has 0 radical (unpaired) electrons. The van der Waals surface area contributed by atoms with Crippen LogP contribution in [0.2, 0.25) is 0 Å². The summed E-state index contributed by atoms with van der Waals surface area (Å²) in [5.74, 6) is 0.633. The number of methoxy groups -OCH3 is 1. The number of nitrogens with zero attached hydrogens (tertiary/aromatic N) is 1. The van der Waals surface area contributed by atoms with E-state index in [2.05, 4.69) is 22.5 Å². The molecule has 0 saturated heterocycles. The molecule has 1 amide bonds. The van der Waals surface area contributed by atoms with Crippen LogP contribution in [0, 0.1) is 0 Å². The van der Waals surface area contributed by atoms with Gasteiger partial charge in [-0.3, -0.25) is 9.78 Å². The Bertz CT molecular complexity index is 644. The highest BCUT2D eigenvalue weighted by molar-refractivity contribution is 5.93. The van der Waals surface area contributed by atoms with Crippen molar-refractivity contribution < 1.29 is 9.53 Å². The van der Waals surface area contributed by atoms with E-state index in [-0.39, 0.29) is 5.91 Å². The highest BCUT2D eigenvalue weighted by Gasteiger charge is 2.07. The molecular formula is C18H23N3O2. The van der Waals surface area contributed by atoms with E-state index in [0.29, 0.717) is 12.2 Å². The highest BCUT2D eigenvalue weighted by Crippen LogP contribution is 2.21. The van der Waals surface area contributed by atoms with Crippen LogP contribution in [0.1, 0.15) is 36.7 Å². The van der Waals surface area contributed by atoms with E-state index >= 15 is 0 Å². The van der Waals surface area contributed by atoms with Gasteiger partial charge in [-0.05, 0) is 30.7 Å². The van der Waals surface area contributed by atoms with E-state index in [9.17, 15) is 4.79 Å². The Balaban J connectivity index is 2.00. The molecule has 0 fully saturated rings. The van der Waals surface area contributed by atoms with Crippen molar-refractivity contribution in [1.29, 1.82) is 0 Å². The first kappa shape index (κ1) is 16.8. The Labute approximate surface area is 137 Å². The normalized spacial score (nSPS) is 10.2. The zero-order valence-corrected chi connectivity index (χ0v) is 13.6. The minimum atomic E-state index is -0.143. The first-order valence-corrected chi connectivity index (χ1v) is 7.88. The standard InChI is InChI=1S/C18H23N3O2/c1-3-4-5-10-20-18(22)17-13-15(9-11-19-17)21-14-7-6-8-16(12-14)23-2/h6-9,11-13H,3-5,10H2,1-2H3,(H,19,21)(H,20,22). The van der Waals surface area contributed by atoms with Crippen LogP contribution < -0.4 is 15.4 Å². The van der Waals surface area contributed by atoms with Gasteiger partial charge < -0.3 is 15.4 Å². The number of anilines is 2. The fourth-order valence-corrected chi connectivity index (χ4v) is 2.17. The van der Waals surface area contributed by atoms with Crippen molar-refractivity contribution in [3.05, 3.63) is 48.3 Å². The molecule has 0 aliphatic carbocycles. The predicted molar refractivity (Wildman–Crippen MR) is 92.4 cm³/mol. The smallest absolute Gasteiger partial charge is 0.269 e. The lowest BCUT2D eigenvalue weighted by molar-refractivity contribution is 0.0948. The Morgan fingerprint density at radius 1 is 1.17 bits per heavy atom. The summed E-state index contributed by atoms with van der Waals surface area (Å²) >= 11 is 0. The maximum atomic E-state index is 12.1. The summed E-state index contributed by atoms with van der Waals surface area (Å²) in [6.45, 7) is 2.82. The molecule has 122 valence electrons. The number of unbranched alkanes of at least 4 members (excludes halogenated alkanes) is 2. The Hall–Kier alpha value is -2.56. The van der Waals surface area contributed by atoms with Crippen LogP contribution >= 0.6 is 0 Å². The average Bonchev–Trinajstić information content (AvgIpc) is 2.59. The third-order valence-corrected chi connectivity index (χ3v) is 3.42. The highest BCUT2D eigenvalue weighted by atomic mass is 16.5. The number of amides is 1. The van der Waals surface area contributed by atoms with E-state index in [0.717, 1.165) is 36.4 Å². The molecule has 1 aromatic carbocycles. The zero-order chi connectivity index (χ0) is 16.5. The molecule has 0 saturated carbocycles. The summed E-state index contributed by atoms with van der Waals surface area (Å²) in [6, 6.07) is 11.2. The number of nitrogens with one attached hydrogen (secondary N) is 2. The van der Waals surface area contributed by atoms with Gasteiger partial charge in [-0.25, -0.2) is 0 Å². The van der Waals surface area contributed by atoms with Gasteiger partial charge in [0.1, 0.15) is 11.4 Å². The van der Waals surface area contributed by atoms with Crippen LogP contribution in [0.3, 0.4) is 0 Å². The van der Waals surface area contributed by atoms with Gasteiger partial charge in [0.2, 0.25) is 0 Å². The first-order valence-electron chi connectivity index (χ1n) is 7.88. The fourth-order valence-electron chi connectivity index (χ4n) is 2.17. The summed E-state index contributed by atoms with van der Waals surface area (Å²) < 4.78 is 5.20. The summed E-state index contributed by atoms with van der Waals surface area (Å²) in [4.78, 5) is 16.2. The number of rotatable bonds is 8. The van der Waals surface area contributed by atoms with E-state index < -0.39 is 0 Å². The van der Waals surface area contributed by atoms with Crippen molar-refractivity contribution in [1.82, 2.24) is 10.3 Å². The molecule has 2 rings (SSSR count). The number of hydrogen-bond donors (Lipinski definition) is 2. The molecule has 1 aromatic heterocycles. The molecule has 0 atom stereocenters. The third kappa shape index (κ3) is 5.29. The first-order chi connectivity index (χ1) is 11.2. The zero-order valence-electron chi connectivity index (χ0n) is 13.6. The number of hydrogen-bond acceptors (Lipinski definition) is 4. The van der Waals surface area contributed by atoms with Crippen LogP contribution in [0.5, 0.6) is 5.75 Å². The topological polar surface area (TPSA) is 63.2 Å². The number of carbonyl (C=O) groups is 1. The SMILES string of the molecule is CCCCCNC(=O)c1cc(Nc2cccc(OC)c2)ccn1. The van der Waals surface area contributed by atoms with Crippen LogP contribution in [0.4, 0.5) is 11.4 Å². The second kappa shape index (κ2) is 8.78. The second-order valence-corrected chi connectivity index (χ2v) is 5.25. The molecular weight excluding hydrogens is 290 g/mol. The number of ether oxygens (including phenoxy) is 1. The lowest BCUT2D eigenvalue weighted by Gasteiger charge is -2.09. The Kier molecular flexibility index (Phi) is 6.41. The molecule has 5 nitrogen and oxygen atoms in total. The third-order valence-electron chi connectivity index (χ3n) is 3.42. The van der Waals surface area contributed by atoms with E-state index in [4.69, 9.17) is 4.74 Å². The van der Waals surface area contributed by atoms with Gasteiger partial charge in [-0.2, -0.15) is 0 Å². The Morgan fingerprint density at radius 2 is 2.00 bits per heavy atom. The quantitative estimate of drug-likeness (QED) is 0.729. The van der Waals surface area contributed by atoms with Crippen LogP contribution in [-0.4, -0.2) is 24.5 Å². The van der Waals surface area contributed by atoms with Crippen molar-refractivity contribution >= 4 is 17.3 Å². The molecule has 0 aliphatic rings. The summed E-state index contributed by atoms with van der Waals surface area (Å²) in [6.07, 6.45) is 4.87. The summed E-state index contributed by atoms with van der Waals surface area (Å²) in [7, 11) is 1.63. The van der Waals surface area contributed by atoms with E-state index in [1.165, 1.54) is 0 Å². The second-order valence-electron chi connectivity index (χ2n) is 5.25. The van der Waals surface area contributed by atoms with Gasteiger partial charge >= 0.3 is 0 Å². The van der Waals surface area contributed by atoms with Gasteiger partial charge in [0.05, 0.1) is 7.11 Å². The van der Waals surface area contributed by atoms with Crippen LogP contribution in [-0.2, 0) is 0 Å². The molecule has 2 aromatic rings. The largest absolute Gasteiger partial charge is 0.497 e. The van der Waals surface area contributed by atoms with Gasteiger partial charge in [0.15, 0.2) is 0 Å². The fraction of sp³-hybridized carbons (Fsp3) is 0.333. The monoisotopic (exact) mass is 313 g/mol. The number of benzene rings is 1. The molecule has 0 unspecified atom stereocenters. The van der Waals surface area contributed by atoms with Gasteiger partial charge in [0.25, 0.3) is 5.91 Å². The molecule has 5 heteroatoms. The van der Waals surface area contributed by atoms with Crippen LogP contribution in [0.15, 0.2) is 42.6 Å². The minimum absolute atomic E-state index is 0.143. The number of aromatic nitrogens is 1. The van der Waals surface area contributed by atoms with Crippen molar-refractivity contribution in [2.24, 2.45) is 0 Å². The summed E-state index contributed by atoms with van der Waals surface area (Å²) in [5, 5.41) is 6.14. The van der Waals surface area contributed by atoms with Gasteiger partial charge in [-0.15, -0.1) is 0 Å².